The molecule has 0 amide bonds. The van der Waals surface area contributed by atoms with Gasteiger partial charge in [-0.15, -0.1) is 0 Å². The normalized spacial score (nSPS) is 10.1. The van der Waals surface area contributed by atoms with Crippen LogP contribution in [0.15, 0.2) is 12.3 Å². The molecule has 0 spiro atoms. The topological polar surface area (TPSA) is 4.93 Å². The van der Waals surface area contributed by atoms with Crippen LogP contribution in [0.5, 0.6) is 0 Å². The van der Waals surface area contributed by atoms with E-state index in [4.69, 9.17) is 0 Å². The van der Waals surface area contributed by atoms with Crippen LogP contribution in [-0.4, -0.2) is 4.57 Å². The van der Waals surface area contributed by atoms with Crippen LogP contribution in [0.1, 0.15) is 5.69 Å². The summed E-state index contributed by atoms with van der Waals surface area (Å²) in [6.07, 6.45) is 1.70. The van der Waals surface area contributed by atoms with Gasteiger partial charge >= 0.3 is 0 Å². The Bertz CT molecular complexity index is 187. The van der Waals surface area contributed by atoms with E-state index < -0.39 is 0 Å². The molecular formula is C6H7BrFN. The third kappa shape index (κ3) is 1.15. The van der Waals surface area contributed by atoms with Gasteiger partial charge in [0.15, 0.2) is 0 Å². The highest BCUT2D eigenvalue weighted by Gasteiger charge is 2.02. The van der Waals surface area contributed by atoms with Crippen molar-refractivity contribution in [2.24, 2.45) is 7.05 Å². The first kappa shape index (κ1) is 6.81. The largest absolute Gasteiger partial charge is 0.351 e. The van der Waals surface area contributed by atoms with Gasteiger partial charge in [-0.05, 0) is 6.07 Å². The summed E-state index contributed by atoms with van der Waals surface area (Å²) in [5, 5.41) is 0.572. The molecule has 0 aliphatic rings. The number of halogens is 2. The van der Waals surface area contributed by atoms with E-state index in [0.717, 1.165) is 0 Å². The van der Waals surface area contributed by atoms with Crippen molar-refractivity contribution in [1.29, 1.82) is 0 Å². The van der Waals surface area contributed by atoms with E-state index in [1.807, 2.05) is 7.05 Å². The maximum absolute atomic E-state index is 12.6. The van der Waals surface area contributed by atoms with Crippen molar-refractivity contribution in [3.8, 4) is 0 Å². The summed E-state index contributed by atoms with van der Waals surface area (Å²) >= 11 is 3.18. The molecule has 0 saturated carbocycles. The molecule has 0 aliphatic heterocycles. The summed E-state index contributed by atoms with van der Waals surface area (Å²) in [5.41, 5.74) is 0.690. The molecule has 1 aromatic heterocycles. The van der Waals surface area contributed by atoms with Crippen LogP contribution in [0.2, 0.25) is 0 Å². The molecule has 0 aromatic carbocycles. The Kier molecular flexibility index (Phi) is 1.90. The molecule has 0 radical (unpaired) electrons. The number of aromatic nitrogens is 1. The summed E-state index contributed by atoms with van der Waals surface area (Å²) in [4.78, 5) is 0. The Morgan fingerprint density at radius 1 is 1.78 bits per heavy atom. The number of hydrogen-bond donors (Lipinski definition) is 0. The third-order valence-corrected chi connectivity index (χ3v) is 1.80. The average Bonchev–Trinajstić information content (AvgIpc) is 2.12. The summed E-state index contributed by atoms with van der Waals surface area (Å²) in [6.45, 7) is 0. The van der Waals surface area contributed by atoms with Crippen LogP contribution in [0.25, 0.3) is 0 Å². The first-order valence-corrected chi connectivity index (χ1v) is 3.73. The summed E-state index contributed by atoms with van der Waals surface area (Å²) in [7, 11) is 1.82. The predicted molar refractivity (Wildman–Crippen MR) is 38.0 cm³/mol. The number of hydrogen-bond acceptors (Lipinski definition) is 0. The van der Waals surface area contributed by atoms with Crippen molar-refractivity contribution in [3.05, 3.63) is 23.8 Å². The smallest absolute Gasteiger partial charge is 0.144 e. The second-order valence-corrected chi connectivity index (χ2v) is 2.42. The number of nitrogens with zero attached hydrogens (tertiary/aromatic N) is 1. The molecule has 0 saturated heterocycles. The van der Waals surface area contributed by atoms with Crippen molar-refractivity contribution in [2.45, 2.75) is 5.33 Å². The fourth-order valence-electron chi connectivity index (χ4n) is 0.690. The molecule has 0 aliphatic carbocycles. The maximum atomic E-state index is 12.6. The molecule has 50 valence electrons. The molecule has 0 N–H and O–H groups in total. The van der Waals surface area contributed by atoms with Crippen LogP contribution in [-0.2, 0) is 12.4 Å². The minimum absolute atomic E-state index is 0.144. The molecule has 1 heterocycles. The van der Waals surface area contributed by atoms with Crippen LogP contribution in [0, 0.1) is 5.82 Å². The van der Waals surface area contributed by atoms with Gasteiger partial charge in [-0.3, -0.25) is 0 Å². The average molecular weight is 192 g/mol. The van der Waals surface area contributed by atoms with Gasteiger partial charge in [0.1, 0.15) is 5.82 Å². The molecule has 3 heteroatoms. The zero-order valence-corrected chi connectivity index (χ0v) is 6.65. The van der Waals surface area contributed by atoms with Crippen LogP contribution in [0.3, 0.4) is 0 Å². The van der Waals surface area contributed by atoms with Crippen LogP contribution >= 0.6 is 15.9 Å². The lowest BCUT2D eigenvalue weighted by Crippen LogP contribution is -1.92. The van der Waals surface area contributed by atoms with Crippen molar-refractivity contribution >= 4 is 15.9 Å². The summed E-state index contributed by atoms with van der Waals surface area (Å²) < 4.78 is 14.3. The molecule has 0 bridgehead atoms. The number of rotatable bonds is 1. The quantitative estimate of drug-likeness (QED) is 0.600. The van der Waals surface area contributed by atoms with Gasteiger partial charge < -0.3 is 4.57 Å². The van der Waals surface area contributed by atoms with E-state index >= 15 is 0 Å². The van der Waals surface area contributed by atoms with E-state index in [2.05, 4.69) is 15.9 Å². The Labute approximate surface area is 61.6 Å². The fraction of sp³-hybridized carbons (Fsp3) is 0.333. The van der Waals surface area contributed by atoms with E-state index in [9.17, 15) is 4.39 Å². The van der Waals surface area contributed by atoms with Crippen molar-refractivity contribution in [1.82, 2.24) is 4.57 Å². The SMILES string of the molecule is Cn1ccc(F)c1CBr. The van der Waals surface area contributed by atoms with Crippen LogP contribution in [0.4, 0.5) is 4.39 Å². The molecule has 0 fully saturated rings. The monoisotopic (exact) mass is 191 g/mol. The van der Waals surface area contributed by atoms with Gasteiger partial charge in [0, 0.05) is 18.6 Å². The Balaban J connectivity index is 3.07. The Hall–Kier alpha value is -0.310. The van der Waals surface area contributed by atoms with Gasteiger partial charge in [0.05, 0.1) is 5.69 Å². The van der Waals surface area contributed by atoms with Gasteiger partial charge in [-0.1, -0.05) is 15.9 Å². The lowest BCUT2D eigenvalue weighted by Gasteiger charge is -1.95. The zero-order chi connectivity index (χ0) is 6.85. The van der Waals surface area contributed by atoms with Gasteiger partial charge in [-0.2, -0.15) is 0 Å². The van der Waals surface area contributed by atoms with Crippen molar-refractivity contribution < 1.29 is 4.39 Å². The van der Waals surface area contributed by atoms with Crippen molar-refractivity contribution in [2.75, 3.05) is 0 Å². The minimum atomic E-state index is -0.144. The van der Waals surface area contributed by atoms with E-state index in [0.29, 0.717) is 11.0 Å². The molecule has 0 atom stereocenters. The Morgan fingerprint density at radius 2 is 2.44 bits per heavy atom. The van der Waals surface area contributed by atoms with Gasteiger partial charge in [-0.25, -0.2) is 4.39 Å². The first-order chi connectivity index (χ1) is 4.25. The van der Waals surface area contributed by atoms with Crippen LogP contribution < -0.4 is 0 Å². The molecule has 0 unspecified atom stereocenters. The number of aryl methyl sites for hydroxylation is 1. The lowest BCUT2D eigenvalue weighted by molar-refractivity contribution is 0.610. The summed E-state index contributed by atoms with van der Waals surface area (Å²) in [5.74, 6) is -0.144. The highest BCUT2D eigenvalue weighted by Crippen LogP contribution is 2.10. The van der Waals surface area contributed by atoms with E-state index in [-0.39, 0.29) is 5.82 Å². The minimum Gasteiger partial charge on any atom is -0.351 e. The summed E-state index contributed by atoms with van der Waals surface area (Å²) in [6, 6.07) is 1.45. The zero-order valence-electron chi connectivity index (χ0n) is 5.06. The molecule has 1 rings (SSSR count). The second-order valence-electron chi connectivity index (χ2n) is 1.85. The molecule has 1 nitrogen and oxygen atoms in total. The highest BCUT2D eigenvalue weighted by molar-refractivity contribution is 9.08. The molecular weight excluding hydrogens is 185 g/mol. The Morgan fingerprint density at radius 3 is 2.67 bits per heavy atom. The van der Waals surface area contributed by atoms with E-state index in [1.54, 1.807) is 10.8 Å². The fourth-order valence-corrected chi connectivity index (χ4v) is 1.35. The molecule has 1 aromatic rings. The van der Waals surface area contributed by atoms with Gasteiger partial charge in [0.2, 0.25) is 0 Å². The highest BCUT2D eigenvalue weighted by atomic mass is 79.9. The lowest BCUT2D eigenvalue weighted by atomic mass is 10.5. The third-order valence-electron chi connectivity index (χ3n) is 1.27. The van der Waals surface area contributed by atoms with E-state index in [1.165, 1.54) is 6.07 Å². The van der Waals surface area contributed by atoms with Crippen molar-refractivity contribution in [3.63, 3.8) is 0 Å². The molecule has 9 heavy (non-hydrogen) atoms. The second kappa shape index (κ2) is 2.52. The first-order valence-electron chi connectivity index (χ1n) is 2.61. The predicted octanol–water partition coefficient (Wildman–Crippen LogP) is 2.06. The number of alkyl halides is 1. The maximum Gasteiger partial charge on any atom is 0.144 e. The van der Waals surface area contributed by atoms with Gasteiger partial charge in [0.25, 0.3) is 0 Å². The standard InChI is InChI=1S/C6H7BrFN/c1-9-3-2-5(8)6(9)4-7/h2-3H,4H2,1H3.